The summed E-state index contributed by atoms with van der Waals surface area (Å²) in [4.78, 5) is 14.7. The molecule has 0 aromatic heterocycles. The van der Waals surface area contributed by atoms with Crippen LogP contribution < -0.4 is 15.0 Å². The fourth-order valence-corrected chi connectivity index (χ4v) is 2.92. The zero-order valence-corrected chi connectivity index (χ0v) is 14.3. The average Bonchev–Trinajstić information content (AvgIpc) is 3.10. The molecule has 0 radical (unpaired) electrons. The Morgan fingerprint density at radius 1 is 1.12 bits per heavy atom. The second-order valence-electron chi connectivity index (χ2n) is 6.31. The molecule has 0 bridgehead atoms. The monoisotopic (exact) mass is 324 g/mol. The van der Waals surface area contributed by atoms with Crippen LogP contribution in [0.1, 0.15) is 25.3 Å². The van der Waals surface area contributed by atoms with Gasteiger partial charge in [-0.1, -0.05) is 12.1 Å². The van der Waals surface area contributed by atoms with E-state index in [4.69, 9.17) is 4.74 Å². The molecule has 2 aromatic carbocycles. The van der Waals surface area contributed by atoms with E-state index in [0.717, 1.165) is 24.3 Å². The summed E-state index contributed by atoms with van der Waals surface area (Å²) in [6.45, 7) is 6.00. The van der Waals surface area contributed by atoms with E-state index in [-0.39, 0.29) is 5.91 Å². The Hall–Kier alpha value is -2.49. The highest BCUT2D eigenvalue weighted by Crippen LogP contribution is 2.22. The first-order valence-corrected chi connectivity index (χ1v) is 8.51. The highest BCUT2D eigenvalue weighted by molar-refractivity contribution is 5.94. The number of nitrogens with one attached hydrogen (secondary N) is 1. The molecule has 126 valence electrons. The van der Waals surface area contributed by atoms with Gasteiger partial charge in [-0.2, -0.15) is 0 Å². The summed E-state index contributed by atoms with van der Waals surface area (Å²) in [5.74, 6) is 0.562. The van der Waals surface area contributed by atoms with E-state index in [1.807, 2.05) is 43.3 Å². The molecule has 1 aliphatic heterocycles. The van der Waals surface area contributed by atoms with E-state index in [1.165, 1.54) is 18.5 Å². The molecule has 1 amide bonds. The zero-order chi connectivity index (χ0) is 16.9. The van der Waals surface area contributed by atoms with Crippen molar-refractivity contribution >= 4 is 17.3 Å². The molecule has 4 nitrogen and oxygen atoms in total. The molecule has 0 spiro atoms. The van der Waals surface area contributed by atoms with Gasteiger partial charge in [0, 0.05) is 24.5 Å². The summed E-state index contributed by atoms with van der Waals surface area (Å²) < 4.78 is 5.71. The summed E-state index contributed by atoms with van der Waals surface area (Å²) in [6.07, 6.45) is 1.96. The van der Waals surface area contributed by atoms with Gasteiger partial charge in [-0.15, -0.1) is 0 Å². The number of aryl methyl sites for hydroxylation is 1. The van der Waals surface area contributed by atoms with Crippen LogP contribution >= 0.6 is 0 Å². The fraction of sp³-hybridized carbons (Fsp3) is 0.350. The van der Waals surface area contributed by atoms with Crippen LogP contribution in [0.15, 0.2) is 48.5 Å². The van der Waals surface area contributed by atoms with Crippen molar-refractivity contribution in [2.45, 2.75) is 32.8 Å². The van der Waals surface area contributed by atoms with Crippen LogP contribution in [0.5, 0.6) is 5.75 Å². The molecule has 0 saturated carbocycles. The van der Waals surface area contributed by atoms with E-state index in [0.29, 0.717) is 5.75 Å². The standard InChI is InChI=1S/C20H24N2O2/c1-15-6-5-7-19(14-15)24-16(2)20(23)21-17-8-10-18(11-9-17)22-12-3-4-13-22/h5-11,14,16H,3-4,12-13H2,1-2H3,(H,21,23)/t16-/m0/s1. The van der Waals surface area contributed by atoms with E-state index in [1.54, 1.807) is 6.92 Å². The number of carbonyl (C=O) groups excluding carboxylic acids is 1. The zero-order valence-electron chi connectivity index (χ0n) is 14.3. The lowest BCUT2D eigenvalue weighted by Gasteiger charge is -2.18. The predicted octanol–water partition coefficient (Wildman–Crippen LogP) is 4.00. The SMILES string of the molecule is Cc1cccc(O[C@@H](C)C(=O)Nc2ccc(N3CCCC3)cc2)c1. The number of hydrogen-bond acceptors (Lipinski definition) is 3. The normalized spacial score (nSPS) is 15.2. The Morgan fingerprint density at radius 3 is 2.50 bits per heavy atom. The number of carbonyl (C=O) groups is 1. The number of nitrogens with zero attached hydrogens (tertiary/aromatic N) is 1. The van der Waals surface area contributed by atoms with Crippen molar-refractivity contribution < 1.29 is 9.53 Å². The van der Waals surface area contributed by atoms with Gasteiger partial charge in [0.25, 0.3) is 5.91 Å². The lowest BCUT2D eigenvalue weighted by molar-refractivity contribution is -0.122. The van der Waals surface area contributed by atoms with Crippen molar-refractivity contribution in [2.24, 2.45) is 0 Å². The second-order valence-corrected chi connectivity index (χ2v) is 6.31. The Morgan fingerprint density at radius 2 is 1.83 bits per heavy atom. The van der Waals surface area contributed by atoms with Gasteiger partial charge in [0.05, 0.1) is 0 Å². The van der Waals surface area contributed by atoms with Gasteiger partial charge < -0.3 is 15.0 Å². The molecule has 0 aliphatic carbocycles. The molecule has 2 aromatic rings. The third-order valence-corrected chi connectivity index (χ3v) is 4.28. The Balaban J connectivity index is 1.57. The molecule has 1 fully saturated rings. The minimum Gasteiger partial charge on any atom is -0.481 e. The molecule has 3 rings (SSSR count). The third kappa shape index (κ3) is 4.07. The summed E-state index contributed by atoms with van der Waals surface area (Å²) in [7, 11) is 0. The molecule has 1 N–H and O–H groups in total. The van der Waals surface area contributed by atoms with Crippen molar-refractivity contribution in [2.75, 3.05) is 23.3 Å². The number of amides is 1. The van der Waals surface area contributed by atoms with Gasteiger partial charge in [0.2, 0.25) is 0 Å². The second kappa shape index (κ2) is 7.39. The molecule has 1 aliphatic rings. The van der Waals surface area contributed by atoms with Crippen molar-refractivity contribution in [1.29, 1.82) is 0 Å². The van der Waals surface area contributed by atoms with Gasteiger partial charge in [-0.25, -0.2) is 0 Å². The molecule has 1 heterocycles. The highest BCUT2D eigenvalue weighted by atomic mass is 16.5. The Labute approximate surface area is 143 Å². The first-order valence-electron chi connectivity index (χ1n) is 8.51. The minimum atomic E-state index is -0.551. The number of hydrogen-bond donors (Lipinski definition) is 1. The maximum absolute atomic E-state index is 12.3. The number of rotatable bonds is 5. The molecule has 24 heavy (non-hydrogen) atoms. The molecule has 1 atom stereocenters. The first kappa shape index (κ1) is 16.4. The molecular weight excluding hydrogens is 300 g/mol. The van der Waals surface area contributed by atoms with Crippen LogP contribution in [-0.4, -0.2) is 25.1 Å². The quantitative estimate of drug-likeness (QED) is 0.904. The van der Waals surface area contributed by atoms with E-state index in [2.05, 4.69) is 22.3 Å². The van der Waals surface area contributed by atoms with Crippen LogP contribution in [0.2, 0.25) is 0 Å². The summed E-state index contributed by atoms with van der Waals surface area (Å²) in [5.41, 5.74) is 3.12. The van der Waals surface area contributed by atoms with Crippen molar-refractivity contribution in [3.8, 4) is 5.75 Å². The fourth-order valence-electron chi connectivity index (χ4n) is 2.92. The van der Waals surface area contributed by atoms with Gasteiger partial charge in [0.15, 0.2) is 6.10 Å². The van der Waals surface area contributed by atoms with Crippen LogP contribution in [0.25, 0.3) is 0 Å². The topological polar surface area (TPSA) is 41.6 Å². The van der Waals surface area contributed by atoms with Crippen LogP contribution in [0.3, 0.4) is 0 Å². The van der Waals surface area contributed by atoms with Gasteiger partial charge in [-0.05, 0) is 68.7 Å². The molecule has 0 unspecified atom stereocenters. The van der Waals surface area contributed by atoms with Crippen molar-refractivity contribution in [3.05, 3.63) is 54.1 Å². The number of benzene rings is 2. The van der Waals surface area contributed by atoms with Crippen LogP contribution in [-0.2, 0) is 4.79 Å². The molecular formula is C20H24N2O2. The van der Waals surface area contributed by atoms with Crippen LogP contribution in [0.4, 0.5) is 11.4 Å². The average molecular weight is 324 g/mol. The largest absolute Gasteiger partial charge is 0.481 e. The number of anilines is 2. The Kier molecular flexibility index (Phi) is 5.04. The van der Waals surface area contributed by atoms with Crippen molar-refractivity contribution in [1.82, 2.24) is 0 Å². The highest BCUT2D eigenvalue weighted by Gasteiger charge is 2.16. The smallest absolute Gasteiger partial charge is 0.265 e. The van der Waals surface area contributed by atoms with E-state index >= 15 is 0 Å². The van der Waals surface area contributed by atoms with E-state index in [9.17, 15) is 4.79 Å². The summed E-state index contributed by atoms with van der Waals surface area (Å²) >= 11 is 0. The maximum Gasteiger partial charge on any atom is 0.265 e. The van der Waals surface area contributed by atoms with Gasteiger partial charge >= 0.3 is 0 Å². The lowest BCUT2D eigenvalue weighted by atomic mass is 10.2. The summed E-state index contributed by atoms with van der Waals surface area (Å²) in [5, 5.41) is 2.91. The van der Waals surface area contributed by atoms with Gasteiger partial charge in [-0.3, -0.25) is 4.79 Å². The lowest BCUT2D eigenvalue weighted by Crippen LogP contribution is -2.30. The molecule has 4 heteroatoms. The third-order valence-electron chi connectivity index (χ3n) is 4.28. The maximum atomic E-state index is 12.3. The predicted molar refractivity (Wildman–Crippen MR) is 97.8 cm³/mol. The Bertz CT molecular complexity index is 691. The van der Waals surface area contributed by atoms with Crippen LogP contribution in [0, 0.1) is 6.92 Å². The minimum absolute atomic E-state index is 0.148. The van der Waals surface area contributed by atoms with E-state index < -0.39 is 6.10 Å². The van der Waals surface area contributed by atoms with Gasteiger partial charge in [0.1, 0.15) is 5.75 Å². The summed E-state index contributed by atoms with van der Waals surface area (Å²) in [6, 6.07) is 15.7. The first-order chi connectivity index (χ1) is 11.6. The van der Waals surface area contributed by atoms with Crippen molar-refractivity contribution in [3.63, 3.8) is 0 Å². The molecule has 1 saturated heterocycles. The number of ether oxygens (including phenoxy) is 1.